The zero-order valence-electron chi connectivity index (χ0n) is 10.5. The number of nitriles is 1. The molecule has 0 aliphatic carbocycles. The van der Waals surface area contributed by atoms with E-state index in [2.05, 4.69) is 11.3 Å². The summed E-state index contributed by atoms with van der Waals surface area (Å²) in [5.74, 6) is -1.32. The number of esters is 1. The van der Waals surface area contributed by atoms with Gasteiger partial charge in [0.1, 0.15) is 6.61 Å². The Morgan fingerprint density at radius 1 is 1.53 bits per heavy atom. The van der Waals surface area contributed by atoms with Crippen LogP contribution in [0.25, 0.3) is 0 Å². The molecular formula is C12H19NO4. The number of carbonyl (C=O) groups excluding carboxylic acids is 1. The molecule has 0 aromatic rings. The average Bonchev–Trinajstić information content (AvgIpc) is 2.28. The van der Waals surface area contributed by atoms with Crippen molar-refractivity contribution in [2.24, 2.45) is 5.92 Å². The van der Waals surface area contributed by atoms with Crippen LogP contribution >= 0.6 is 0 Å². The molecule has 0 fully saturated rings. The molecule has 0 aromatic carbocycles. The van der Waals surface area contributed by atoms with Crippen molar-refractivity contribution >= 4 is 11.9 Å². The van der Waals surface area contributed by atoms with Crippen LogP contribution in [0.1, 0.15) is 33.6 Å². The van der Waals surface area contributed by atoms with Gasteiger partial charge in [0.15, 0.2) is 0 Å². The van der Waals surface area contributed by atoms with Crippen LogP contribution in [0.3, 0.4) is 0 Å². The third kappa shape index (κ3) is 12.1. The van der Waals surface area contributed by atoms with Gasteiger partial charge in [0.25, 0.3) is 0 Å². The minimum absolute atomic E-state index is 0.155. The first kappa shape index (κ1) is 17.6. The molecule has 5 nitrogen and oxygen atoms in total. The summed E-state index contributed by atoms with van der Waals surface area (Å²) in [6.45, 7) is 8.65. The minimum atomic E-state index is -0.706. The molecule has 0 radical (unpaired) electrons. The summed E-state index contributed by atoms with van der Waals surface area (Å²) in [7, 11) is 0. The first-order valence-corrected chi connectivity index (χ1v) is 5.29. The fourth-order valence-electron chi connectivity index (χ4n) is 0.487. The van der Waals surface area contributed by atoms with Gasteiger partial charge in [0, 0.05) is 5.57 Å². The van der Waals surface area contributed by atoms with Gasteiger partial charge < -0.3 is 9.84 Å². The summed E-state index contributed by atoms with van der Waals surface area (Å²) in [5, 5.41) is 16.2. The molecule has 17 heavy (non-hydrogen) atoms. The second kappa shape index (κ2) is 10.7. The van der Waals surface area contributed by atoms with E-state index in [1.807, 2.05) is 13.0 Å². The molecule has 0 heterocycles. The van der Waals surface area contributed by atoms with Gasteiger partial charge in [0.05, 0.1) is 18.4 Å². The van der Waals surface area contributed by atoms with Gasteiger partial charge in [-0.25, -0.2) is 4.79 Å². The Balaban J connectivity index is 0. The lowest BCUT2D eigenvalue weighted by Crippen LogP contribution is -2.06. The monoisotopic (exact) mass is 241 g/mol. The Labute approximate surface area is 102 Å². The van der Waals surface area contributed by atoms with Gasteiger partial charge in [-0.3, -0.25) is 4.79 Å². The third-order valence-corrected chi connectivity index (χ3v) is 1.83. The summed E-state index contributed by atoms with van der Waals surface area (Å²) in [6, 6.07) is 1.86. The van der Waals surface area contributed by atoms with Gasteiger partial charge in [-0.1, -0.05) is 20.4 Å². The number of carboxylic acid groups (broad SMARTS) is 1. The van der Waals surface area contributed by atoms with Crippen LogP contribution in [0.2, 0.25) is 0 Å². The Morgan fingerprint density at radius 2 is 2.06 bits per heavy atom. The highest BCUT2D eigenvalue weighted by Gasteiger charge is 2.05. The number of nitrogens with zero attached hydrogens (tertiary/aromatic N) is 1. The van der Waals surface area contributed by atoms with Gasteiger partial charge in [-0.2, -0.15) is 5.26 Å². The normalized spacial score (nSPS) is 10.2. The van der Waals surface area contributed by atoms with Gasteiger partial charge >= 0.3 is 11.9 Å². The number of aliphatic carboxylic acids is 1. The molecule has 0 rings (SSSR count). The molecule has 1 atom stereocenters. The van der Waals surface area contributed by atoms with Crippen molar-refractivity contribution in [2.45, 2.75) is 33.6 Å². The maximum Gasteiger partial charge on any atom is 0.333 e. The smallest absolute Gasteiger partial charge is 0.333 e. The lowest BCUT2D eigenvalue weighted by Gasteiger charge is -1.98. The van der Waals surface area contributed by atoms with E-state index in [1.54, 1.807) is 13.8 Å². The van der Waals surface area contributed by atoms with E-state index in [0.717, 1.165) is 6.42 Å². The van der Waals surface area contributed by atoms with Crippen LogP contribution < -0.4 is 0 Å². The molecule has 0 amide bonds. The van der Waals surface area contributed by atoms with Crippen LogP contribution in [0.5, 0.6) is 0 Å². The molecule has 1 N–H and O–H groups in total. The molecular weight excluding hydrogens is 222 g/mol. The summed E-state index contributed by atoms with van der Waals surface area (Å²) < 4.78 is 4.58. The zero-order chi connectivity index (χ0) is 13.8. The van der Waals surface area contributed by atoms with Crippen molar-refractivity contribution in [3.05, 3.63) is 12.2 Å². The van der Waals surface area contributed by atoms with E-state index in [1.165, 1.54) is 0 Å². The molecule has 0 saturated carbocycles. The summed E-state index contributed by atoms with van der Waals surface area (Å²) in [5.41, 5.74) is 0.359. The van der Waals surface area contributed by atoms with E-state index in [9.17, 15) is 9.59 Å². The Hall–Kier alpha value is -1.83. The Kier molecular flexibility index (Phi) is 11.0. The first-order valence-electron chi connectivity index (χ1n) is 5.29. The van der Waals surface area contributed by atoms with Crippen molar-refractivity contribution < 1.29 is 19.4 Å². The Bertz CT molecular complexity index is 304. The average molecular weight is 241 g/mol. The standard InChI is InChI=1S/C7H9NO2.C5H10O2/c1-6(2)7(9)10-5-3-4-8;1-3-4(2)5(6)7/h1,3,5H2,2H3;4H,3H2,1-2H3,(H,6,7). The van der Waals surface area contributed by atoms with Crippen molar-refractivity contribution in [3.8, 4) is 6.07 Å². The predicted octanol–water partition coefficient (Wildman–Crippen LogP) is 2.14. The first-order chi connectivity index (χ1) is 7.86. The van der Waals surface area contributed by atoms with Crippen molar-refractivity contribution in [1.82, 2.24) is 0 Å². The highest BCUT2D eigenvalue weighted by Crippen LogP contribution is 1.97. The predicted molar refractivity (Wildman–Crippen MR) is 63.1 cm³/mol. The number of carbonyl (C=O) groups is 2. The minimum Gasteiger partial charge on any atom is -0.481 e. The number of hydrogen-bond donors (Lipinski definition) is 1. The van der Waals surface area contributed by atoms with E-state index in [-0.39, 0.29) is 18.9 Å². The SMILES string of the molecule is C=C(C)C(=O)OCCC#N.CCC(C)C(=O)O. The Morgan fingerprint density at radius 3 is 2.29 bits per heavy atom. The maximum absolute atomic E-state index is 10.6. The van der Waals surface area contributed by atoms with Crippen LogP contribution in [-0.2, 0) is 14.3 Å². The zero-order valence-corrected chi connectivity index (χ0v) is 10.5. The molecule has 96 valence electrons. The van der Waals surface area contributed by atoms with E-state index >= 15 is 0 Å². The molecule has 0 spiro atoms. The third-order valence-electron chi connectivity index (χ3n) is 1.83. The van der Waals surface area contributed by atoms with E-state index in [0.29, 0.717) is 5.57 Å². The fourth-order valence-corrected chi connectivity index (χ4v) is 0.487. The van der Waals surface area contributed by atoms with E-state index < -0.39 is 11.9 Å². The largest absolute Gasteiger partial charge is 0.481 e. The lowest BCUT2D eigenvalue weighted by molar-refractivity contribution is -0.141. The summed E-state index contributed by atoms with van der Waals surface area (Å²) in [4.78, 5) is 20.5. The number of carboxylic acids is 1. The molecule has 0 aliphatic rings. The highest BCUT2D eigenvalue weighted by molar-refractivity contribution is 5.86. The van der Waals surface area contributed by atoms with Crippen LogP contribution in [-0.4, -0.2) is 23.7 Å². The summed E-state index contributed by atoms with van der Waals surface area (Å²) >= 11 is 0. The van der Waals surface area contributed by atoms with Crippen LogP contribution in [0.15, 0.2) is 12.2 Å². The second-order valence-corrected chi connectivity index (χ2v) is 3.47. The lowest BCUT2D eigenvalue weighted by atomic mass is 10.1. The van der Waals surface area contributed by atoms with Gasteiger partial charge in [-0.15, -0.1) is 0 Å². The number of hydrogen-bond acceptors (Lipinski definition) is 4. The van der Waals surface area contributed by atoms with Gasteiger partial charge in [0.2, 0.25) is 0 Å². The second-order valence-electron chi connectivity index (χ2n) is 3.47. The van der Waals surface area contributed by atoms with Crippen molar-refractivity contribution in [2.75, 3.05) is 6.61 Å². The summed E-state index contributed by atoms with van der Waals surface area (Å²) in [6.07, 6.45) is 0.953. The molecule has 0 aliphatic heterocycles. The van der Waals surface area contributed by atoms with Gasteiger partial charge in [-0.05, 0) is 13.3 Å². The number of ether oxygens (including phenoxy) is 1. The molecule has 0 saturated heterocycles. The van der Waals surface area contributed by atoms with E-state index in [4.69, 9.17) is 10.4 Å². The maximum atomic E-state index is 10.6. The molecule has 0 bridgehead atoms. The van der Waals surface area contributed by atoms with Crippen LogP contribution in [0, 0.1) is 17.2 Å². The van der Waals surface area contributed by atoms with Crippen molar-refractivity contribution in [1.29, 1.82) is 5.26 Å². The molecule has 0 aromatic heterocycles. The quantitative estimate of drug-likeness (QED) is 0.452. The highest BCUT2D eigenvalue weighted by atomic mass is 16.5. The topological polar surface area (TPSA) is 87.4 Å². The number of rotatable bonds is 5. The fraction of sp³-hybridized carbons (Fsp3) is 0.583. The molecule has 5 heteroatoms. The van der Waals surface area contributed by atoms with Crippen LogP contribution in [0.4, 0.5) is 0 Å². The van der Waals surface area contributed by atoms with Crippen molar-refractivity contribution in [3.63, 3.8) is 0 Å². The molecule has 1 unspecified atom stereocenters.